The summed E-state index contributed by atoms with van der Waals surface area (Å²) in [6, 6.07) is 6.38. The van der Waals surface area contributed by atoms with E-state index >= 15 is 0 Å². The molecule has 2 atom stereocenters. The summed E-state index contributed by atoms with van der Waals surface area (Å²) in [5, 5.41) is 0. The topological polar surface area (TPSA) is 40.6 Å². The van der Waals surface area contributed by atoms with Crippen molar-refractivity contribution in [2.24, 2.45) is 17.8 Å². The normalized spacial score (nSPS) is 23.7. The summed E-state index contributed by atoms with van der Waals surface area (Å²) in [4.78, 5) is 28.4. The molecule has 5 heteroatoms. The van der Waals surface area contributed by atoms with Crippen LogP contribution in [-0.2, 0) is 16.1 Å². The molecule has 0 aromatic heterocycles. The highest BCUT2D eigenvalue weighted by molar-refractivity contribution is 5.84. The van der Waals surface area contributed by atoms with E-state index in [-0.39, 0.29) is 29.5 Å². The third-order valence-corrected chi connectivity index (χ3v) is 4.72. The van der Waals surface area contributed by atoms with Crippen LogP contribution in [-0.4, -0.2) is 41.2 Å². The van der Waals surface area contributed by atoms with Gasteiger partial charge in [-0.2, -0.15) is 0 Å². The van der Waals surface area contributed by atoms with E-state index in [1.54, 1.807) is 11.0 Å². The Labute approximate surface area is 136 Å². The van der Waals surface area contributed by atoms with Crippen LogP contribution in [0.15, 0.2) is 24.3 Å². The van der Waals surface area contributed by atoms with Crippen molar-refractivity contribution in [3.63, 3.8) is 0 Å². The molecule has 0 saturated carbocycles. The third-order valence-electron chi connectivity index (χ3n) is 4.72. The van der Waals surface area contributed by atoms with E-state index in [0.717, 1.165) is 5.56 Å². The Balaban J connectivity index is 1.61. The molecular weight excluding hydrogens is 295 g/mol. The minimum Gasteiger partial charge on any atom is -0.342 e. The van der Waals surface area contributed by atoms with Gasteiger partial charge in [-0.05, 0) is 23.6 Å². The number of amides is 2. The molecule has 2 aliphatic rings. The molecule has 2 heterocycles. The molecule has 0 spiro atoms. The summed E-state index contributed by atoms with van der Waals surface area (Å²) in [6.45, 7) is 6.37. The smallest absolute Gasteiger partial charge is 0.228 e. The second-order valence-electron chi connectivity index (χ2n) is 7.11. The van der Waals surface area contributed by atoms with E-state index in [0.29, 0.717) is 38.5 Å². The van der Waals surface area contributed by atoms with E-state index in [9.17, 15) is 14.0 Å². The molecule has 0 bridgehead atoms. The van der Waals surface area contributed by atoms with Gasteiger partial charge in [-0.1, -0.05) is 26.0 Å². The minimum absolute atomic E-state index is 0.0836. The molecule has 124 valence electrons. The second kappa shape index (κ2) is 6.30. The number of benzene rings is 1. The average molecular weight is 318 g/mol. The van der Waals surface area contributed by atoms with Gasteiger partial charge in [-0.25, -0.2) is 4.39 Å². The van der Waals surface area contributed by atoms with Crippen LogP contribution in [0.1, 0.15) is 25.8 Å². The number of carbonyl (C=O) groups excluding carboxylic acids is 2. The number of hydrogen-bond donors (Lipinski definition) is 0. The summed E-state index contributed by atoms with van der Waals surface area (Å²) in [5.74, 6) is 0.438. The lowest BCUT2D eigenvalue weighted by molar-refractivity contribution is -0.134. The molecule has 1 aromatic carbocycles. The van der Waals surface area contributed by atoms with Crippen molar-refractivity contribution in [3.05, 3.63) is 35.6 Å². The molecule has 0 aliphatic carbocycles. The molecule has 3 rings (SSSR count). The molecule has 2 fully saturated rings. The van der Waals surface area contributed by atoms with E-state index in [1.165, 1.54) is 12.1 Å². The summed E-state index contributed by atoms with van der Waals surface area (Å²) >= 11 is 0. The molecule has 0 N–H and O–H groups in total. The zero-order valence-electron chi connectivity index (χ0n) is 13.7. The molecule has 0 unspecified atom stereocenters. The largest absolute Gasteiger partial charge is 0.342 e. The lowest BCUT2D eigenvalue weighted by Crippen LogP contribution is -2.35. The highest BCUT2D eigenvalue weighted by Crippen LogP contribution is 2.33. The third kappa shape index (κ3) is 3.38. The second-order valence-corrected chi connectivity index (χ2v) is 7.11. The molecule has 2 saturated heterocycles. The standard InChI is InChI=1S/C18H23FN2O2/c1-12(2)6-17(22)20-9-14-10-21(18(23)16(14)11-20)8-13-4-3-5-15(19)7-13/h3-5,7,12,14,16H,6,8-11H2,1-2H3/t14-,16-/m0/s1. The van der Waals surface area contributed by atoms with Crippen molar-refractivity contribution in [2.45, 2.75) is 26.8 Å². The van der Waals surface area contributed by atoms with E-state index < -0.39 is 0 Å². The number of likely N-dealkylation sites (tertiary alicyclic amines) is 2. The maximum atomic E-state index is 13.3. The predicted molar refractivity (Wildman–Crippen MR) is 84.8 cm³/mol. The average Bonchev–Trinajstić information content (AvgIpc) is 2.99. The molecule has 2 aliphatic heterocycles. The van der Waals surface area contributed by atoms with Crippen LogP contribution in [0, 0.1) is 23.6 Å². The number of rotatable bonds is 4. The van der Waals surface area contributed by atoms with Crippen LogP contribution in [0.25, 0.3) is 0 Å². The fourth-order valence-corrected chi connectivity index (χ4v) is 3.62. The van der Waals surface area contributed by atoms with E-state index in [4.69, 9.17) is 0 Å². The van der Waals surface area contributed by atoms with Gasteiger partial charge in [0.25, 0.3) is 0 Å². The lowest BCUT2D eigenvalue weighted by Gasteiger charge is -2.22. The quantitative estimate of drug-likeness (QED) is 0.854. The summed E-state index contributed by atoms with van der Waals surface area (Å²) in [6.07, 6.45) is 0.542. The van der Waals surface area contributed by atoms with Crippen molar-refractivity contribution in [2.75, 3.05) is 19.6 Å². The van der Waals surface area contributed by atoms with Gasteiger partial charge in [-0.15, -0.1) is 0 Å². The van der Waals surface area contributed by atoms with Crippen molar-refractivity contribution in [1.29, 1.82) is 0 Å². The Bertz CT molecular complexity index is 617. The molecule has 4 nitrogen and oxygen atoms in total. The first-order valence-electron chi connectivity index (χ1n) is 8.25. The van der Waals surface area contributed by atoms with Crippen molar-refractivity contribution >= 4 is 11.8 Å². The van der Waals surface area contributed by atoms with E-state index in [1.807, 2.05) is 24.8 Å². The van der Waals surface area contributed by atoms with Crippen LogP contribution in [0.4, 0.5) is 4.39 Å². The Morgan fingerprint density at radius 1 is 1.30 bits per heavy atom. The van der Waals surface area contributed by atoms with Crippen molar-refractivity contribution in [1.82, 2.24) is 9.80 Å². The van der Waals surface area contributed by atoms with Gasteiger partial charge >= 0.3 is 0 Å². The number of halogens is 1. The molecule has 0 radical (unpaired) electrons. The Kier molecular flexibility index (Phi) is 4.37. The van der Waals surface area contributed by atoms with Gasteiger partial charge in [0, 0.05) is 38.5 Å². The van der Waals surface area contributed by atoms with Gasteiger partial charge in [0.1, 0.15) is 5.82 Å². The van der Waals surface area contributed by atoms with Gasteiger partial charge in [0.2, 0.25) is 11.8 Å². The van der Waals surface area contributed by atoms with Crippen LogP contribution < -0.4 is 0 Å². The van der Waals surface area contributed by atoms with Gasteiger partial charge in [0.05, 0.1) is 5.92 Å². The summed E-state index contributed by atoms with van der Waals surface area (Å²) in [5.41, 5.74) is 0.811. The fourth-order valence-electron chi connectivity index (χ4n) is 3.62. The monoisotopic (exact) mass is 318 g/mol. The van der Waals surface area contributed by atoms with Crippen molar-refractivity contribution in [3.8, 4) is 0 Å². The van der Waals surface area contributed by atoms with Crippen molar-refractivity contribution < 1.29 is 14.0 Å². The van der Waals surface area contributed by atoms with Crippen LogP contribution in [0.2, 0.25) is 0 Å². The maximum absolute atomic E-state index is 13.3. The summed E-state index contributed by atoms with van der Waals surface area (Å²) in [7, 11) is 0. The zero-order valence-corrected chi connectivity index (χ0v) is 13.7. The van der Waals surface area contributed by atoms with Gasteiger partial charge in [0.15, 0.2) is 0 Å². The first-order valence-corrected chi connectivity index (χ1v) is 8.25. The molecule has 2 amide bonds. The lowest BCUT2D eigenvalue weighted by atomic mass is 10.0. The van der Waals surface area contributed by atoms with E-state index in [2.05, 4.69) is 0 Å². The molecule has 1 aromatic rings. The first-order chi connectivity index (χ1) is 10.9. The number of nitrogens with zero attached hydrogens (tertiary/aromatic N) is 2. The number of carbonyl (C=O) groups is 2. The predicted octanol–water partition coefficient (Wildman–Crippen LogP) is 2.29. The number of fused-ring (bicyclic) bond motifs is 1. The van der Waals surface area contributed by atoms with Crippen LogP contribution >= 0.6 is 0 Å². The minimum atomic E-state index is -0.278. The molecule has 23 heavy (non-hydrogen) atoms. The Morgan fingerprint density at radius 2 is 2.09 bits per heavy atom. The highest BCUT2D eigenvalue weighted by Gasteiger charge is 2.47. The fraction of sp³-hybridized carbons (Fsp3) is 0.556. The first kappa shape index (κ1) is 16.0. The van der Waals surface area contributed by atoms with Crippen LogP contribution in [0.3, 0.4) is 0 Å². The van der Waals surface area contributed by atoms with Gasteiger partial charge < -0.3 is 9.80 Å². The highest BCUT2D eigenvalue weighted by atomic mass is 19.1. The van der Waals surface area contributed by atoms with Crippen LogP contribution in [0.5, 0.6) is 0 Å². The zero-order chi connectivity index (χ0) is 16.6. The molecular formula is C18H23FN2O2. The SMILES string of the molecule is CC(C)CC(=O)N1C[C@H]2CN(Cc3cccc(F)c3)C(=O)[C@H]2C1. The van der Waals surface area contributed by atoms with Gasteiger partial charge in [-0.3, -0.25) is 9.59 Å². The summed E-state index contributed by atoms with van der Waals surface area (Å²) < 4.78 is 13.3. The Morgan fingerprint density at radius 3 is 2.74 bits per heavy atom. The Hall–Kier alpha value is -1.91. The maximum Gasteiger partial charge on any atom is 0.228 e. The number of hydrogen-bond acceptors (Lipinski definition) is 2.